The molecule has 284 valence electrons. The van der Waals surface area contributed by atoms with Crippen LogP contribution in [0.25, 0.3) is 10.9 Å². The summed E-state index contributed by atoms with van der Waals surface area (Å²) < 4.78 is 0. The molecule has 1 aliphatic heterocycles. The van der Waals surface area contributed by atoms with Gasteiger partial charge in [0, 0.05) is 36.6 Å². The zero-order valence-electron chi connectivity index (χ0n) is 28.7. The first-order valence-corrected chi connectivity index (χ1v) is 16.6. The Hall–Kier alpha value is -5.76. The lowest BCUT2D eigenvalue weighted by Gasteiger charge is -2.28. The van der Waals surface area contributed by atoms with E-state index in [1.165, 1.54) is 11.8 Å². The maximum atomic E-state index is 13.7. The number of hydrogen-bond donors (Lipinski definition) is 11. The van der Waals surface area contributed by atoms with Crippen molar-refractivity contribution in [1.82, 2.24) is 31.2 Å². The number of nitrogens with one attached hydrogen (secondary N) is 5. The van der Waals surface area contributed by atoms with E-state index in [0.717, 1.165) is 10.9 Å². The minimum atomic E-state index is -1.64. The fourth-order valence-corrected chi connectivity index (χ4v) is 5.69. The van der Waals surface area contributed by atoms with Crippen LogP contribution in [-0.4, -0.2) is 123 Å². The highest BCUT2D eigenvalue weighted by molar-refractivity contribution is 5.98. The first kappa shape index (κ1) is 40.7. The number of aliphatic hydroxyl groups is 1. The Morgan fingerprint density at radius 1 is 0.942 bits per heavy atom. The van der Waals surface area contributed by atoms with Gasteiger partial charge in [-0.1, -0.05) is 18.2 Å². The minimum Gasteiger partial charge on any atom is -0.480 e. The number of aliphatic hydroxyl groups excluding tert-OH is 1. The van der Waals surface area contributed by atoms with Crippen LogP contribution >= 0.6 is 0 Å². The van der Waals surface area contributed by atoms with Crippen molar-refractivity contribution in [2.24, 2.45) is 27.9 Å². The Bertz CT molecular complexity index is 1660. The number of carboxylic acid groups (broad SMARTS) is 1. The molecular formula is C32H47N11O9. The first-order chi connectivity index (χ1) is 24.6. The van der Waals surface area contributed by atoms with Crippen molar-refractivity contribution in [2.75, 3.05) is 19.7 Å². The number of carboxylic acids is 1. The molecule has 0 bridgehead atoms. The number of amides is 6. The number of aliphatic imine (C=N–C) groups is 1. The molecule has 0 unspecified atom stereocenters. The van der Waals surface area contributed by atoms with Crippen LogP contribution in [0.1, 0.15) is 44.6 Å². The van der Waals surface area contributed by atoms with E-state index < -0.39 is 90.7 Å². The number of benzene rings is 1. The van der Waals surface area contributed by atoms with Crippen molar-refractivity contribution in [3.8, 4) is 0 Å². The van der Waals surface area contributed by atoms with Gasteiger partial charge in [0.25, 0.3) is 0 Å². The van der Waals surface area contributed by atoms with Gasteiger partial charge in [0.05, 0.1) is 19.1 Å². The van der Waals surface area contributed by atoms with E-state index in [1.54, 1.807) is 12.3 Å². The second-order valence-corrected chi connectivity index (χ2v) is 12.4. The van der Waals surface area contributed by atoms with Gasteiger partial charge < -0.3 is 64.3 Å². The summed E-state index contributed by atoms with van der Waals surface area (Å²) in [5.41, 5.74) is 23.1. The molecule has 0 saturated carbocycles. The number of hydrogen-bond acceptors (Lipinski definition) is 10. The number of primary amides is 1. The quantitative estimate of drug-likeness (QED) is 0.0374. The van der Waals surface area contributed by atoms with Crippen molar-refractivity contribution in [1.29, 1.82) is 0 Å². The highest BCUT2D eigenvalue weighted by atomic mass is 16.4. The largest absolute Gasteiger partial charge is 0.480 e. The van der Waals surface area contributed by atoms with Gasteiger partial charge in [-0.3, -0.25) is 33.8 Å². The minimum absolute atomic E-state index is 0.00730. The van der Waals surface area contributed by atoms with Crippen LogP contribution in [0, 0.1) is 0 Å². The number of likely N-dealkylation sites (tertiary alicyclic amines) is 1. The molecule has 2 heterocycles. The van der Waals surface area contributed by atoms with Crippen LogP contribution in [-0.2, 0) is 40.0 Å². The molecule has 52 heavy (non-hydrogen) atoms. The number of nitrogens with zero attached hydrogens (tertiary/aromatic N) is 2. The number of fused-ring (bicyclic) bond motifs is 1. The molecule has 2 aromatic rings. The Morgan fingerprint density at radius 3 is 2.25 bits per heavy atom. The van der Waals surface area contributed by atoms with Crippen LogP contribution in [0.3, 0.4) is 0 Å². The predicted molar refractivity (Wildman–Crippen MR) is 187 cm³/mol. The van der Waals surface area contributed by atoms with Crippen LogP contribution in [0.4, 0.5) is 0 Å². The second-order valence-electron chi connectivity index (χ2n) is 12.4. The number of guanidine groups is 1. The van der Waals surface area contributed by atoms with E-state index in [-0.39, 0.29) is 38.3 Å². The topological polar surface area (TPSA) is 344 Å². The number of aromatic amines is 1. The third-order valence-electron chi connectivity index (χ3n) is 8.44. The van der Waals surface area contributed by atoms with Gasteiger partial charge in [-0.05, 0) is 44.2 Å². The van der Waals surface area contributed by atoms with Crippen LogP contribution in [0.15, 0.2) is 35.5 Å². The van der Waals surface area contributed by atoms with Crippen LogP contribution in [0.2, 0.25) is 0 Å². The number of para-hydroxylation sites is 1. The highest BCUT2D eigenvalue weighted by Gasteiger charge is 2.38. The number of carbonyl (C=O) groups excluding carboxylic acids is 6. The Kier molecular flexibility index (Phi) is 14.9. The Balaban J connectivity index is 1.70. The van der Waals surface area contributed by atoms with Crippen molar-refractivity contribution < 1.29 is 43.8 Å². The predicted octanol–water partition coefficient (Wildman–Crippen LogP) is -4.01. The lowest BCUT2D eigenvalue weighted by molar-refractivity contribution is -0.149. The normalized spacial score (nSPS) is 16.8. The zero-order valence-corrected chi connectivity index (χ0v) is 28.7. The van der Waals surface area contributed by atoms with E-state index in [0.29, 0.717) is 18.4 Å². The maximum Gasteiger partial charge on any atom is 0.326 e. The molecule has 1 saturated heterocycles. The Labute approximate surface area is 298 Å². The van der Waals surface area contributed by atoms with Gasteiger partial charge in [0.1, 0.15) is 30.2 Å². The van der Waals surface area contributed by atoms with E-state index in [2.05, 4.69) is 31.2 Å². The molecule has 1 aromatic heterocycles. The molecule has 20 nitrogen and oxygen atoms in total. The SMILES string of the molecule is C[C@H](NC(=O)[C@H](CC(N)=O)NC(=O)[C@H](CO)NC(=O)[C@@H](N)CCCN=C(N)N)C(=O)N[C@@H](Cc1c[nH]c2ccccc12)C(=O)N1CCC[C@H]1C(=O)O. The molecule has 3 rings (SSSR count). The standard InChI is InChI=1S/C32H47N11O9/c1-16(39-28(48)21(13-25(34)45)40-29(49)23(15-44)42-27(47)19(33)7-4-10-37-32(35)36)26(46)41-22(30(50)43-11-5-9-24(43)31(51)52)12-17-14-38-20-8-3-2-6-18(17)20/h2-3,6,8,14,16,19,21-24,38,44H,4-5,7,9-13,15,33H2,1H3,(H2,34,45)(H,39,48)(H,40,49)(H,41,46)(H,42,47)(H,51,52)(H4,35,36,37)/t16-,19-,21-,22-,23-,24-/m0/s1. The van der Waals surface area contributed by atoms with Gasteiger partial charge in [-0.15, -0.1) is 0 Å². The van der Waals surface area contributed by atoms with E-state index in [4.69, 9.17) is 22.9 Å². The first-order valence-electron chi connectivity index (χ1n) is 16.6. The molecule has 20 heteroatoms. The molecule has 15 N–H and O–H groups in total. The monoisotopic (exact) mass is 729 g/mol. The molecule has 6 amide bonds. The summed E-state index contributed by atoms with van der Waals surface area (Å²) in [6, 6.07) is -0.634. The molecular weight excluding hydrogens is 682 g/mol. The molecule has 1 aromatic carbocycles. The van der Waals surface area contributed by atoms with Crippen molar-refractivity contribution in [2.45, 2.75) is 81.7 Å². The van der Waals surface area contributed by atoms with Crippen molar-refractivity contribution in [3.05, 3.63) is 36.0 Å². The summed E-state index contributed by atoms with van der Waals surface area (Å²) >= 11 is 0. The molecule has 0 spiro atoms. The van der Waals surface area contributed by atoms with E-state index in [1.807, 2.05) is 18.2 Å². The molecule has 0 radical (unpaired) electrons. The summed E-state index contributed by atoms with van der Waals surface area (Å²) in [5.74, 6) is -6.59. The number of nitrogens with two attached hydrogens (primary N) is 4. The average Bonchev–Trinajstić information content (AvgIpc) is 3.75. The number of carbonyl (C=O) groups is 7. The smallest absolute Gasteiger partial charge is 0.326 e. The number of rotatable bonds is 19. The maximum absolute atomic E-state index is 13.7. The van der Waals surface area contributed by atoms with Gasteiger partial charge >= 0.3 is 5.97 Å². The number of aliphatic carboxylic acids is 1. The third-order valence-corrected chi connectivity index (χ3v) is 8.44. The van der Waals surface area contributed by atoms with Gasteiger partial charge in [0.2, 0.25) is 35.4 Å². The summed E-state index contributed by atoms with van der Waals surface area (Å²) in [6.07, 6.45) is 2.16. The van der Waals surface area contributed by atoms with Gasteiger partial charge in [0.15, 0.2) is 5.96 Å². The Morgan fingerprint density at radius 2 is 1.60 bits per heavy atom. The van der Waals surface area contributed by atoms with E-state index in [9.17, 15) is 43.8 Å². The summed E-state index contributed by atoms with van der Waals surface area (Å²) in [6.45, 7) is 0.786. The summed E-state index contributed by atoms with van der Waals surface area (Å²) in [4.78, 5) is 97.7. The van der Waals surface area contributed by atoms with E-state index >= 15 is 0 Å². The summed E-state index contributed by atoms with van der Waals surface area (Å²) in [5, 5.41) is 29.8. The third kappa shape index (κ3) is 11.4. The molecule has 1 aliphatic rings. The second kappa shape index (κ2) is 19.0. The fraction of sp³-hybridized carbons (Fsp3) is 0.500. The van der Waals surface area contributed by atoms with Gasteiger partial charge in [-0.25, -0.2) is 4.79 Å². The fourth-order valence-electron chi connectivity index (χ4n) is 5.69. The molecule has 6 atom stereocenters. The summed E-state index contributed by atoms with van der Waals surface area (Å²) in [7, 11) is 0. The molecule has 0 aliphatic carbocycles. The molecule has 1 fully saturated rings. The average molecular weight is 730 g/mol. The van der Waals surface area contributed by atoms with Gasteiger partial charge in [-0.2, -0.15) is 0 Å². The highest BCUT2D eigenvalue weighted by Crippen LogP contribution is 2.23. The van der Waals surface area contributed by atoms with Crippen LogP contribution in [0.5, 0.6) is 0 Å². The lowest BCUT2D eigenvalue weighted by atomic mass is 10.0. The number of aromatic nitrogens is 1. The van der Waals surface area contributed by atoms with Crippen LogP contribution < -0.4 is 44.2 Å². The van der Waals surface area contributed by atoms with Crippen molar-refractivity contribution >= 4 is 58.3 Å². The lowest BCUT2D eigenvalue weighted by Crippen LogP contribution is -2.60. The zero-order chi connectivity index (χ0) is 38.5. The van der Waals surface area contributed by atoms with Crippen molar-refractivity contribution in [3.63, 3.8) is 0 Å². The number of H-pyrrole nitrogens is 1.